The third kappa shape index (κ3) is 5.61. The van der Waals surface area contributed by atoms with Crippen molar-refractivity contribution in [1.82, 2.24) is 4.57 Å². The Morgan fingerprint density at radius 1 is 0.524 bits per heavy atom. The molecule has 5 rings (SSSR count). The number of nitrogens with zero attached hydrogens (tertiary/aromatic N) is 1. The van der Waals surface area contributed by atoms with Crippen molar-refractivity contribution >= 4 is 46.7 Å². The fraction of sp³-hybridized carbons (Fsp3) is 0.385. The van der Waals surface area contributed by atoms with Crippen LogP contribution >= 0.6 is 11.6 Å². The van der Waals surface area contributed by atoms with Crippen molar-refractivity contribution < 1.29 is 0 Å². The molecule has 1 aromatic heterocycles. The second-order valence-electron chi connectivity index (χ2n) is 16.2. The molecule has 0 amide bonds. The van der Waals surface area contributed by atoms with Gasteiger partial charge in [-0.1, -0.05) is 130 Å². The first-order valence-corrected chi connectivity index (χ1v) is 19.2. The minimum atomic E-state index is -1.85. The van der Waals surface area contributed by atoms with E-state index in [-0.39, 0.29) is 16.2 Å². The SMILES string of the molecule is CC(C)(C)c1ccc(-c2cc(Cl)c([Si](C)(C)C)c(-n3c4ccc(C(C)(C)C)cc4c4cc(C(C)(C)C)ccc43)c2)cc1. The van der Waals surface area contributed by atoms with E-state index in [0.717, 1.165) is 10.6 Å². The van der Waals surface area contributed by atoms with Gasteiger partial charge < -0.3 is 4.57 Å². The van der Waals surface area contributed by atoms with Crippen LogP contribution in [-0.2, 0) is 16.2 Å². The molecule has 0 aliphatic carbocycles. The number of aromatic nitrogens is 1. The lowest BCUT2D eigenvalue weighted by molar-refractivity contribution is 0.590. The van der Waals surface area contributed by atoms with Crippen LogP contribution in [0.25, 0.3) is 38.6 Å². The van der Waals surface area contributed by atoms with Gasteiger partial charge in [-0.3, -0.25) is 0 Å². The van der Waals surface area contributed by atoms with Gasteiger partial charge >= 0.3 is 0 Å². The van der Waals surface area contributed by atoms with Crippen LogP contribution in [0.5, 0.6) is 0 Å². The van der Waals surface area contributed by atoms with Gasteiger partial charge in [0.05, 0.1) is 19.1 Å². The lowest BCUT2D eigenvalue weighted by atomic mass is 9.85. The molecular weight excluding hydrogens is 546 g/mol. The Kier molecular flexibility index (Phi) is 7.39. The van der Waals surface area contributed by atoms with Crippen LogP contribution in [0, 0.1) is 0 Å². The molecule has 4 aromatic carbocycles. The Morgan fingerprint density at radius 3 is 1.36 bits per heavy atom. The van der Waals surface area contributed by atoms with E-state index in [4.69, 9.17) is 11.6 Å². The molecule has 1 nitrogen and oxygen atoms in total. The summed E-state index contributed by atoms with van der Waals surface area (Å²) in [4.78, 5) is 0. The van der Waals surface area contributed by atoms with Gasteiger partial charge in [0, 0.05) is 21.5 Å². The topological polar surface area (TPSA) is 4.93 Å². The highest BCUT2D eigenvalue weighted by atomic mass is 35.5. The normalized spacial score (nSPS) is 13.4. The maximum Gasteiger partial charge on any atom is 0.0823 e. The monoisotopic (exact) mass is 593 g/mol. The lowest BCUT2D eigenvalue weighted by Crippen LogP contribution is -2.41. The van der Waals surface area contributed by atoms with Gasteiger partial charge in [0.2, 0.25) is 0 Å². The zero-order valence-electron chi connectivity index (χ0n) is 27.8. The van der Waals surface area contributed by atoms with Crippen molar-refractivity contribution in [1.29, 1.82) is 0 Å². The summed E-state index contributed by atoms with van der Waals surface area (Å²) in [6.45, 7) is 27.8. The first-order chi connectivity index (χ1) is 19.3. The molecule has 0 spiro atoms. The Bertz CT molecular complexity index is 1720. The number of halogens is 1. The van der Waals surface area contributed by atoms with Crippen LogP contribution in [0.4, 0.5) is 0 Å². The highest BCUT2D eigenvalue weighted by Gasteiger charge is 2.28. The van der Waals surface area contributed by atoms with E-state index in [1.807, 2.05) is 0 Å². The molecule has 0 bridgehead atoms. The zero-order valence-corrected chi connectivity index (χ0v) is 29.5. The molecule has 5 aromatic rings. The predicted molar refractivity (Wildman–Crippen MR) is 190 cm³/mol. The Morgan fingerprint density at radius 2 is 0.952 bits per heavy atom. The van der Waals surface area contributed by atoms with E-state index < -0.39 is 8.07 Å². The van der Waals surface area contributed by atoms with E-state index in [9.17, 15) is 0 Å². The van der Waals surface area contributed by atoms with Crippen LogP contribution in [0.15, 0.2) is 72.8 Å². The minimum absolute atomic E-state index is 0.0657. The van der Waals surface area contributed by atoms with Crippen molar-refractivity contribution in [3.63, 3.8) is 0 Å². The first-order valence-electron chi connectivity index (χ1n) is 15.3. The van der Waals surface area contributed by atoms with E-state index >= 15 is 0 Å². The van der Waals surface area contributed by atoms with Gasteiger partial charge in [-0.15, -0.1) is 0 Å². The average molecular weight is 594 g/mol. The third-order valence-electron chi connectivity index (χ3n) is 8.64. The van der Waals surface area contributed by atoms with Gasteiger partial charge in [-0.25, -0.2) is 0 Å². The molecule has 0 saturated heterocycles. The summed E-state index contributed by atoms with van der Waals surface area (Å²) >= 11 is 7.28. The van der Waals surface area contributed by atoms with Crippen molar-refractivity contribution in [2.75, 3.05) is 0 Å². The zero-order chi connectivity index (χ0) is 31.0. The Hall–Kier alpha value is -2.81. The van der Waals surface area contributed by atoms with E-state index in [2.05, 4.69) is 159 Å². The second kappa shape index (κ2) is 10.1. The van der Waals surface area contributed by atoms with Crippen molar-refractivity contribution in [3.8, 4) is 16.8 Å². The summed E-state index contributed by atoms with van der Waals surface area (Å²) < 4.78 is 2.50. The molecular formula is C39H48ClNSi. The van der Waals surface area contributed by atoms with Gasteiger partial charge in [0.25, 0.3) is 0 Å². The molecule has 1 heterocycles. The Labute approximate surface area is 259 Å². The quantitative estimate of drug-likeness (QED) is 0.183. The molecule has 0 saturated carbocycles. The molecule has 0 aliphatic rings. The van der Waals surface area contributed by atoms with Crippen LogP contribution in [0.2, 0.25) is 24.7 Å². The molecule has 42 heavy (non-hydrogen) atoms. The lowest BCUT2D eigenvalue weighted by Gasteiger charge is -2.26. The van der Waals surface area contributed by atoms with E-state index in [1.54, 1.807) is 0 Å². The standard InChI is InChI=1S/C39H48ClNSi/c1-37(2,3)27-15-13-25(14-16-27)26-21-32(40)36(42(10,11)12)35(22-26)41-33-19-17-28(38(4,5)6)23-30(33)31-24-29(39(7,8)9)18-20-34(31)41/h13-24H,1-12H3. The van der Waals surface area contributed by atoms with Crippen molar-refractivity contribution in [2.45, 2.75) is 98.2 Å². The van der Waals surface area contributed by atoms with Gasteiger partial charge in [0.1, 0.15) is 0 Å². The largest absolute Gasteiger partial charge is 0.309 e. The molecule has 0 radical (unpaired) electrons. The van der Waals surface area contributed by atoms with E-state index in [0.29, 0.717) is 0 Å². The highest BCUT2D eigenvalue weighted by molar-refractivity contribution is 6.91. The summed E-state index contributed by atoms with van der Waals surface area (Å²) in [6, 6.07) is 27.7. The molecule has 220 valence electrons. The minimum Gasteiger partial charge on any atom is -0.309 e. The first kappa shape index (κ1) is 30.6. The van der Waals surface area contributed by atoms with Gasteiger partial charge in [-0.2, -0.15) is 0 Å². The van der Waals surface area contributed by atoms with Gasteiger partial charge in [-0.05, 0) is 85.6 Å². The third-order valence-corrected chi connectivity index (χ3v) is 11.1. The summed E-state index contributed by atoms with van der Waals surface area (Å²) in [6.07, 6.45) is 0. The number of rotatable bonds is 3. The fourth-order valence-corrected chi connectivity index (χ4v) is 8.86. The van der Waals surface area contributed by atoms with Crippen LogP contribution < -0.4 is 5.19 Å². The maximum atomic E-state index is 7.28. The molecule has 0 unspecified atom stereocenters. The number of fused-ring (bicyclic) bond motifs is 3. The maximum absolute atomic E-state index is 7.28. The van der Waals surface area contributed by atoms with Crippen molar-refractivity contribution in [2.24, 2.45) is 0 Å². The molecule has 3 heteroatoms. The molecule has 0 aliphatic heterocycles. The Balaban J connectivity index is 1.88. The van der Waals surface area contributed by atoms with E-state index in [1.165, 1.54) is 54.9 Å². The average Bonchev–Trinajstić information content (AvgIpc) is 3.19. The number of hydrogen-bond donors (Lipinski definition) is 0. The van der Waals surface area contributed by atoms with Gasteiger partial charge in [0.15, 0.2) is 0 Å². The van der Waals surface area contributed by atoms with Crippen LogP contribution in [0.3, 0.4) is 0 Å². The number of hydrogen-bond acceptors (Lipinski definition) is 0. The summed E-state index contributed by atoms with van der Waals surface area (Å²) in [5.41, 5.74) is 10.3. The molecule has 0 N–H and O–H groups in total. The molecule has 0 fully saturated rings. The van der Waals surface area contributed by atoms with Crippen LogP contribution in [-0.4, -0.2) is 12.6 Å². The summed E-state index contributed by atoms with van der Waals surface area (Å²) in [5.74, 6) is 0. The molecule has 0 atom stereocenters. The predicted octanol–water partition coefficient (Wildman–Crippen LogP) is 11.5. The summed E-state index contributed by atoms with van der Waals surface area (Å²) in [5, 5.41) is 4.79. The smallest absolute Gasteiger partial charge is 0.0823 e. The summed E-state index contributed by atoms with van der Waals surface area (Å²) in [7, 11) is -1.85. The van der Waals surface area contributed by atoms with Crippen molar-refractivity contribution in [3.05, 3.63) is 94.5 Å². The second-order valence-corrected chi connectivity index (χ2v) is 21.6. The fourth-order valence-electron chi connectivity index (χ4n) is 6.06. The number of benzene rings is 4. The van der Waals surface area contributed by atoms with Crippen LogP contribution in [0.1, 0.15) is 79.0 Å². The highest BCUT2D eigenvalue weighted by Crippen LogP contribution is 2.39.